The molecule has 1 aliphatic rings. The Kier molecular flexibility index (Phi) is 5.91. The molecule has 0 radical (unpaired) electrons. The van der Waals surface area contributed by atoms with Gasteiger partial charge in [0.15, 0.2) is 11.3 Å². The van der Waals surface area contributed by atoms with E-state index in [0.717, 1.165) is 17.7 Å². The highest BCUT2D eigenvalue weighted by Crippen LogP contribution is 2.36. The van der Waals surface area contributed by atoms with Gasteiger partial charge in [-0.2, -0.15) is 0 Å². The topological polar surface area (TPSA) is 88.9 Å². The summed E-state index contributed by atoms with van der Waals surface area (Å²) in [7, 11) is -4.18. The van der Waals surface area contributed by atoms with Crippen molar-refractivity contribution in [2.24, 2.45) is 0 Å². The van der Waals surface area contributed by atoms with Crippen molar-refractivity contribution in [3.63, 3.8) is 0 Å². The molecule has 2 aromatic carbocycles. The Morgan fingerprint density at radius 1 is 1.12 bits per heavy atom. The third-order valence-corrected chi connectivity index (χ3v) is 7.46. The van der Waals surface area contributed by atoms with Crippen LogP contribution in [0.3, 0.4) is 0 Å². The fourth-order valence-corrected chi connectivity index (χ4v) is 5.55. The van der Waals surface area contributed by atoms with Crippen LogP contribution in [0, 0.1) is 26.6 Å². The lowest BCUT2D eigenvalue weighted by Crippen LogP contribution is -2.40. The maximum atomic E-state index is 13.4. The molecule has 3 aromatic rings. The van der Waals surface area contributed by atoms with Crippen LogP contribution in [0.25, 0.3) is 11.0 Å². The quantitative estimate of drug-likeness (QED) is 0.597. The van der Waals surface area contributed by atoms with E-state index in [2.05, 4.69) is 4.72 Å². The van der Waals surface area contributed by atoms with Crippen LogP contribution in [0.15, 0.2) is 33.6 Å². The first-order valence-electron chi connectivity index (χ1n) is 9.98. The van der Waals surface area contributed by atoms with Crippen molar-refractivity contribution >= 4 is 44.2 Å². The highest BCUT2D eigenvalue weighted by molar-refractivity contribution is 7.93. The minimum absolute atomic E-state index is 0.0371. The van der Waals surface area contributed by atoms with Crippen LogP contribution in [0.2, 0.25) is 5.02 Å². The minimum atomic E-state index is -4.18. The lowest BCUT2D eigenvalue weighted by Gasteiger charge is -2.26. The number of rotatable bonds is 4. The van der Waals surface area contributed by atoms with Gasteiger partial charge in [-0.05, 0) is 56.2 Å². The van der Waals surface area contributed by atoms with Gasteiger partial charge in [0.05, 0.1) is 23.9 Å². The number of hydrogen-bond donors (Lipinski definition) is 1. The number of ether oxygens (including phenoxy) is 1. The molecule has 0 atom stereocenters. The average molecular weight is 481 g/mol. The number of sulfonamides is 1. The Morgan fingerprint density at radius 2 is 1.81 bits per heavy atom. The molecular formula is C22H22ClFN2O5S. The highest BCUT2D eigenvalue weighted by Gasteiger charge is 2.30. The standard InChI is InChI=1S/C22H22ClFN2O5S/c1-12-10-16-14(3)19(22(27)26-6-8-30-9-7-26)31-20(16)21(13(12)2)32(28,29)25-18-5-4-15(24)11-17(18)23/h4-5,10-11,25H,6-9H2,1-3H3. The zero-order chi connectivity index (χ0) is 23.2. The van der Waals surface area contributed by atoms with E-state index < -0.39 is 15.8 Å². The molecule has 7 nitrogen and oxygen atoms in total. The average Bonchev–Trinajstić information content (AvgIpc) is 3.06. The van der Waals surface area contributed by atoms with Gasteiger partial charge in [-0.25, -0.2) is 12.8 Å². The Labute approximate surface area is 190 Å². The van der Waals surface area contributed by atoms with Gasteiger partial charge in [-0.1, -0.05) is 11.6 Å². The fourth-order valence-electron chi connectivity index (χ4n) is 3.75. The summed E-state index contributed by atoms with van der Waals surface area (Å²) in [5, 5.41) is 0.462. The van der Waals surface area contributed by atoms with Gasteiger partial charge in [0.2, 0.25) is 0 Å². The van der Waals surface area contributed by atoms with Gasteiger partial charge in [-0.15, -0.1) is 0 Å². The summed E-state index contributed by atoms with van der Waals surface area (Å²) in [6, 6.07) is 5.19. The predicted molar refractivity (Wildman–Crippen MR) is 119 cm³/mol. The fraction of sp³-hybridized carbons (Fsp3) is 0.318. The molecule has 10 heteroatoms. The molecule has 1 aromatic heterocycles. The smallest absolute Gasteiger partial charge is 0.290 e. The summed E-state index contributed by atoms with van der Waals surface area (Å²) in [4.78, 5) is 14.6. The molecule has 1 N–H and O–H groups in total. The van der Waals surface area contributed by atoms with E-state index in [1.165, 1.54) is 6.07 Å². The van der Waals surface area contributed by atoms with Crippen LogP contribution in [0.1, 0.15) is 27.2 Å². The number of aryl methyl sites for hydroxylation is 2. The molecule has 1 saturated heterocycles. The first kappa shape index (κ1) is 22.6. The monoisotopic (exact) mass is 480 g/mol. The molecule has 0 bridgehead atoms. The molecule has 0 spiro atoms. The van der Waals surface area contributed by atoms with Crippen LogP contribution >= 0.6 is 11.6 Å². The molecular weight excluding hydrogens is 459 g/mol. The number of anilines is 1. The first-order chi connectivity index (χ1) is 15.1. The van der Waals surface area contributed by atoms with E-state index >= 15 is 0 Å². The van der Waals surface area contributed by atoms with Crippen molar-refractivity contribution in [2.45, 2.75) is 25.7 Å². The number of halogens is 2. The Bertz CT molecular complexity index is 1330. The number of carbonyl (C=O) groups excluding carboxylic acids is 1. The molecule has 1 fully saturated rings. The summed E-state index contributed by atoms with van der Waals surface area (Å²) >= 11 is 6.02. The van der Waals surface area contributed by atoms with Crippen molar-refractivity contribution in [1.82, 2.24) is 4.90 Å². The van der Waals surface area contributed by atoms with Crippen molar-refractivity contribution in [2.75, 3.05) is 31.0 Å². The van der Waals surface area contributed by atoms with E-state index in [1.807, 2.05) is 6.07 Å². The van der Waals surface area contributed by atoms with Crippen molar-refractivity contribution in [1.29, 1.82) is 0 Å². The third-order valence-electron chi connectivity index (χ3n) is 5.63. The van der Waals surface area contributed by atoms with E-state index in [-0.39, 0.29) is 32.9 Å². The van der Waals surface area contributed by atoms with Crippen LogP contribution in [-0.2, 0) is 14.8 Å². The molecule has 0 unspecified atom stereocenters. The molecule has 0 aliphatic carbocycles. The van der Waals surface area contributed by atoms with Crippen LogP contribution in [0.5, 0.6) is 0 Å². The van der Waals surface area contributed by atoms with Crippen LogP contribution in [-0.4, -0.2) is 45.5 Å². The van der Waals surface area contributed by atoms with Gasteiger partial charge in [0, 0.05) is 24.0 Å². The number of benzene rings is 2. The van der Waals surface area contributed by atoms with Crippen molar-refractivity contribution < 1.29 is 26.8 Å². The van der Waals surface area contributed by atoms with Crippen LogP contribution in [0.4, 0.5) is 10.1 Å². The summed E-state index contributed by atoms with van der Waals surface area (Å²) in [5.74, 6) is -0.793. The van der Waals surface area contributed by atoms with Gasteiger partial charge < -0.3 is 14.1 Å². The second-order valence-corrected chi connectivity index (χ2v) is 9.74. The summed E-state index contributed by atoms with van der Waals surface area (Å²) in [5.41, 5.74) is 1.89. The second kappa shape index (κ2) is 8.38. The molecule has 2 heterocycles. The Balaban J connectivity index is 1.85. The largest absolute Gasteiger partial charge is 0.449 e. The number of morpholine rings is 1. The maximum absolute atomic E-state index is 13.4. The summed E-state index contributed by atoms with van der Waals surface area (Å²) in [6.45, 7) is 6.92. The lowest BCUT2D eigenvalue weighted by atomic mass is 10.0. The number of hydrogen-bond acceptors (Lipinski definition) is 5. The van der Waals surface area contributed by atoms with Crippen molar-refractivity contribution in [3.05, 3.63) is 57.6 Å². The number of nitrogens with one attached hydrogen (secondary N) is 1. The van der Waals surface area contributed by atoms with E-state index in [0.29, 0.717) is 42.8 Å². The lowest BCUT2D eigenvalue weighted by molar-refractivity contribution is 0.0283. The third kappa shape index (κ3) is 3.96. The van der Waals surface area contributed by atoms with Crippen LogP contribution < -0.4 is 4.72 Å². The molecule has 1 amide bonds. The maximum Gasteiger partial charge on any atom is 0.290 e. The number of nitrogens with zero attached hydrogens (tertiary/aromatic N) is 1. The number of carbonyl (C=O) groups is 1. The predicted octanol–water partition coefficient (Wildman–Crippen LogP) is 4.42. The second-order valence-electron chi connectivity index (χ2n) is 7.71. The van der Waals surface area contributed by atoms with Gasteiger partial charge in [-0.3, -0.25) is 9.52 Å². The molecule has 170 valence electrons. The number of furan rings is 1. The highest BCUT2D eigenvalue weighted by atomic mass is 35.5. The zero-order valence-corrected chi connectivity index (χ0v) is 19.4. The van der Waals surface area contributed by atoms with E-state index in [9.17, 15) is 17.6 Å². The molecule has 1 aliphatic heterocycles. The SMILES string of the molecule is Cc1cc2c(C)c(C(=O)N3CCOCC3)oc2c(S(=O)(=O)Nc2ccc(F)cc2Cl)c1C. The molecule has 0 saturated carbocycles. The Morgan fingerprint density at radius 3 is 2.47 bits per heavy atom. The Hall–Kier alpha value is -2.62. The molecule has 32 heavy (non-hydrogen) atoms. The normalized spacial score (nSPS) is 14.7. The first-order valence-corrected chi connectivity index (χ1v) is 11.8. The molecule has 4 rings (SSSR count). The number of amides is 1. The number of fused-ring (bicyclic) bond motifs is 1. The van der Waals surface area contributed by atoms with E-state index in [1.54, 1.807) is 25.7 Å². The summed E-state index contributed by atoms with van der Waals surface area (Å²) < 4.78 is 53.8. The van der Waals surface area contributed by atoms with Gasteiger partial charge in [0.25, 0.3) is 15.9 Å². The van der Waals surface area contributed by atoms with Gasteiger partial charge >= 0.3 is 0 Å². The van der Waals surface area contributed by atoms with Gasteiger partial charge in [0.1, 0.15) is 10.7 Å². The minimum Gasteiger partial charge on any atom is -0.449 e. The summed E-state index contributed by atoms with van der Waals surface area (Å²) in [6.07, 6.45) is 0. The van der Waals surface area contributed by atoms with E-state index in [4.69, 9.17) is 20.8 Å². The van der Waals surface area contributed by atoms with Crippen molar-refractivity contribution in [3.8, 4) is 0 Å². The zero-order valence-electron chi connectivity index (χ0n) is 17.8.